The predicted octanol–water partition coefficient (Wildman–Crippen LogP) is 11.4. The highest BCUT2D eigenvalue weighted by Gasteiger charge is 2.47. The number of aromatic nitrogens is 3. The van der Waals surface area contributed by atoms with Crippen molar-refractivity contribution in [2.75, 3.05) is 6.54 Å². The van der Waals surface area contributed by atoms with Gasteiger partial charge in [-0.3, -0.25) is 19.7 Å². The van der Waals surface area contributed by atoms with Crippen LogP contribution in [0.5, 0.6) is 0 Å². The first-order valence-corrected chi connectivity index (χ1v) is 21.6. The Kier molecular flexibility index (Phi) is 9.98. The second-order valence-corrected chi connectivity index (χ2v) is 18.7. The van der Waals surface area contributed by atoms with Gasteiger partial charge < -0.3 is 9.88 Å². The van der Waals surface area contributed by atoms with Crippen molar-refractivity contribution in [3.63, 3.8) is 0 Å². The third-order valence-corrected chi connectivity index (χ3v) is 14.3. The third kappa shape index (κ3) is 7.26. The van der Waals surface area contributed by atoms with E-state index in [0.29, 0.717) is 12.1 Å². The van der Waals surface area contributed by atoms with Crippen molar-refractivity contribution in [2.45, 2.75) is 90.4 Å². The van der Waals surface area contributed by atoms with Crippen LogP contribution >= 0.6 is 22.7 Å². The highest BCUT2D eigenvalue weighted by Crippen LogP contribution is 2.42. The fourth-order valence-corrected chi connectivity index (χ4v) is 11.2. The van der Waals surface area contributed by atoms with Crippen LogP contribution < -0.4 is 0 Å². The molecule has 2 bridgehead atoms. The van der Waals surface area contributed by atoms with Crippen LogP contribution in [0.3, 0.4) is 0 Å². The van der Waals surface area contributed by atoms with Crippen molar-refractivity contribution >= 4 is 39.5 Å². The summed E-state index contributed by atoms with van der Waals surface area (Å²) in [4.78, 5) is 36.9. The Morgan fingerprint density at radius 3 is 1.91 bits per heavy atom. The summed E-state index contributed by atoms with van der Waals surface area (Å²) < 4.78 is 0. The van der Waals surface area contributed by atoms with Gasteiger partial charge in [0, 0.05) is 104 Å². The van der Waals surface area contributed by atoms with E-state index < -0.39 is 5.41 Å². The molecule has 1 N–H and O–H groups in total. The molecule has 0 spiro atoms. The van der Waals surface area contributed by atoms with Gasteiger partial charge in [0.15, 0.2) is 0 Å². The summed E-state index contributed by atoms with van der Waals surface area (Å²) in [6, 6.07) is 31.7. The average Bonchev–Trinajstić information content (AvgIpc) is 4.06. The van der Waals surface area contributed by atoms with E-state index >= 15 is 0 Å². The lowest BCUT2D eigenvalue weighted by Crippen LogP contribution is -2.45. The van der Waals surface area contributed by atoms with Crippen molar-refractivity contribution in [1.29, 1.82) is 0 Å². The number of hydrogen-bond donors (Lipinski definition) is 1. The van der Waals surface area contributed by atoms with Crippen molar-refractivity contribution in [1.82, 2.24) is 24.8 Å². The Morgan fingerprint density at radius 1 is 0.768 bits per heavy atom. The van der Waals surface area contributed by atoms with E-state index in [2.05, 4.69) is 125 Å². The summed E-state index contributed by atoms with van der Waals surface area (Å²) in [5.74, 6) is 0.280. The van der Waals surface area contributed by atoms with Crippen LogP contribution in [-0.4, -0.2) is 49.3 Å². The number of carbonyl (C=O) groups excluding carboxylic acids is 1. The van der Waals surface area contributed by atoms with Crippen LogP contribution in [-0.2, 0) is 29.7 Å². The summed E-state index contributed by atoms with van der Waals surface area (Å²) in [6.07, 6.45) is 13.0. The molecule has 0 unspecified atom stereocenters. The van der Waals surface area contributed by atoms with Crippen LogP contribution in [0, 0.1) is 13.8 Å². The molecule has 0 atom stereocenters. The summed E-state index contributed by atoms with van der Waals surface area (Å²) in [5, 5.41) is 1.21. The molecule has 56 heavy (non-hydrogen) atoms. The minimum absolute atomic E-state index is 0.280. The fraction of sp³-hybridized carbons (Fsp3) is 0.312. The number of thiophene rings is 2. The average molecular weight is 776 g/mol. The molecule has 0 radical (unpaired) electrons. The van der Waals surface area contributed by atoms with Crippen molar-refractivity contribution in [3.05, 3.63) is 142 Å². The second-order valence-electron chi connectivity index (χ2n) is 16.4. The Balaban J connectivity index is 1.07. The van der Waals surface area contributed by atoms with E-state index in [-0.39, 0.29) is 5.91 Å². The number of H-pyrrole nitrogens is 1. The molecular weight excluding hydrogens is 727 g/mol. The molecule has 284 valence electrons. The number of aryl methyl sites for hydroxylation is 2. The maximum Gasteiger partial charge on any atom is 0.233 e. The van der Waals surface area contributed by atoms with Gasteiger partial charge in [0.1, 0.15) is 0 Å². The lowest BCUT2D eigenvalue weighted by Gasteiger charge is -2.33. The van der Waals surface area contributed by atoms with Crippen LogP contribution in [0.4, 0.5) is 0 Å². The number of nitrogens with zero attached hydrogens (tertiary/aromatic N) is 4. The number of nitrogens with one attached hydrogen (secondary N) is 1. The molecule has 9 rings (SSSR count). The summed E-state index contributed by atoms with van der Waals surface area (Å²) >= 11 is 3.70. The minimum Gasteiger partial charge on any atom is -0.354 e. The molecular formula is C48H49N5OS2. The Bertz CT molecular complexity index is 2380. The topological polar surface area (TPSA) is 65.1 Å². The largest absolute Gasteiger partial charge is 0.354 e. The number of benzene rings is 2. The smallest absolute Gasteiger partial charge is 0.233 e. The molecule has 2 aliphatic rings. The number of aromatic amines is 1. The van der Waals surface area contributed by atoms with E-state index in [0.717, 1.165) is 73.9 Å². The van der Waals surface area contributed by atoms with Gasteiger partial charge in [-0.25, -0.2) is 0 Å². The van der Waals surface area contributed by atoms with E-state index in [4.69, 9.17) is 0 Å². The number of rotatable bonds is 12. The van der Waals surface area contributed by atoms with Gasteiger partial charge in [0.25, 0.3) is 0 Å². The zero-order valence-corrected chi connectivity index (χ0v) is 34.4. The summed E-state index contributed by atoms with van der Waals surface area (Å²) in [6.45, 7) is 11.2. The summed E-state index contributed by atoms with van der Waals surface area (Å²) in [5.41, 5.74) is 10.1. The number of pyridine rings is 2. The van der Waals surface area contributed by atoms with Gasteiger partial charge in [-0.05, 0) is 137 Å². The van der Waals surface area contributed by atoms with Gasteiger partial charge in [-0.15, -0.1) is 22.7 Å². The number of amides is 1. The normalized spacial score (nSPS) is 16.8. The van der Waals surface area contributed by atoms with Gasteiger partial charge in [-0.1, -0.05) is 35.4 Å². The monoisotopic (exact) mass is 775 g/mol. The molecule has 7 heterocycles. The SMILES string of the molecule is Cc1cc(C)cc(-c2[nH]c3ccc(C(C)(C)C(=O)N4C5CCC4CC5)cc3c2CCN(Cc2ccc(-c3cccnc3)s2)Cc2ccc(-c3cccnc3)s2)c1. The Hall–Kier alpha value is -4.89. The third-order valence-electron chi connectivity index (χ3n) is 12.0. The van der Waals surface area contributed by atoms with Gasteiger partial charge in [-0.2, -0.15) is 0 Å². The Morgan fingerprint density at radius 2 is 1.36 bits per heavy atom. The van der Waals surface area contributed by atoms with E-state index in [9.17, 15) is 4.79 Å². The second kappa shape index (κ2) is 15.2. The maximum atomic E-state index is 14.3. The van der Waals surface area contributed by atoms with E-state index in [1.165, 1.54) is 52.8 Å². The predicted molar refractivity (Wildman–Crippen MR) is 232 cm³/mol. The van der Waals surface area contributed by atoms with Gasteiger partial charge >= 0.3 is 0 Å². The number of carbonyl (C=O) groups is 1. The van der Waals surface area contributed by atoms with Crippen LogP contribution in [0.1, 0.15) is 71.5 Å². The highest BCUT2D eigenvalue weighted by atomic mass is 32.1. The minimum atomic E-state index is -0.615. The zero-order valence-electron chi connectivity index (χ0n) is 32.7. The Labute approximate surface area is 338 Å². The lowest BCUT2D eigenvalue weighted by atomic mass is 9.82. The first kappa shape index (κ1) is 36.7. The molecule has 7 aromatic rings. The van der Waals surface area contributed by atoms with Gasteiger partial charge in [0.05, 0.1) is 5.41 Å². The van der Waals surface area contributed by atoms with E-state index in [1.54, 1.807) is 0 Å². The highest BCUT2D eigenvalue weighted by molar-refractivity contribution is 7.15. The molecule has 5 aromatic heterocycles. The summed E-state index contributed by atoms with van der Waals surface area (Å²) in [7, 11) is 0. The molecule has 8 heteroatoms. The van der Waals surface area contributed by atoms with Crippen molar-refractivity contribution in [3.8, 4) is 32.1 Å². The lowest BCUT2D eigenvalue weighted by molar-refractivity contribution is -0.137. The molecule has 2 saturated heterocycles. The number of fused-ring (bicyclic) bond motifs is 3. The quantitative estimate of drug-likeness (QED) is 0.134. The standard InChI is InChI=1S/C48H49N5OS2/c1-31-23-32(2)25-35(24-31)46-41(42-26-36(9-16-43(42)51-46)48(3,4)47(54)53-37-10-11-38(53)13-12-37)19-22-52(29-39-14-17-44(55-39)33-7-5-20-49-27-33)30-40-15-18-45(56-40)34-8-6-21-50-28-34/h5-9,14-18,20-21,23-28,37-38,51H,10-13,19,22,29-30H2,1-4H3. The first-order valence-electron chi connectivity index (χ1n) is 20.0. The fourth-order valence-electron chi connectivity index (χ4n) is 9.13. The molecule has 6 nitrogen and oxygen atoms in total. The van der Waals surface area contributed by atoms with Crippen LogP contribution in [0.2, 0.25) is 0 Å². The molecule has 0 saturated carbocycles. The molecule has 2 fully saturated rings. The van der Waals surface area contributed by atoms with E-state index in [1.807, 2.05) is 59.6 Å². The molecule has 0 aliphatic carbocycles. The molecule has 1 amide bonds. The first-order chi connectivity index (χ1) is 27.2. The molecule has 2 aliphatic heterocycles. The van der Waals surface area contributed by atoms with Crippen LogP contribution in [0.15, 0.2) is 110 Å². The maximum absolute atomic E-state index is 14.3. The van der Waals surface area contributed by atoms with Gasteiger partial charge in [0.2, 0.25) is 5.91 Å². The molecule has 2 aromatic carbocycles. The van der Waals surface area contributed by atoms with Crippen molar-refractivity contribution < 1.29 is 4.79 Å². The van der Waals surface area contributed by atoms with Crippen molar-refractivity contribution in [2.24, 2.45) is 0 Å². The zero-order chi connectivity index (χ0) is 38.4. The van der Waals surface area contributed by atoms with Crippen LogP contribution in [0.25, 0.3) is 43.0 Å². The number of hydrogen-bond acceptors (Lipinski definition) is 6.